The van der Waals surface area contributed by atoms with Gasteiger partial charge in [-0.1, -0.05) is 50.1 Å². The molecule has 0 fully saturated rings. The maximum atomic E-state index is 11.4. The number of carbonyl (C=O) groups is 2. The fourth-order valence-electron chi connectivity index (χ4n) is 1.51. The number of benzene rings is 1. The number of hydrogen-bond acceptors (Lipinski definition) is 2. The van der Waals surface area contributed by atoms with Gasteiger partial charge >= 0.3 is 0 Å². The fraction of sp³-hybridized carbons (Fsp3) is 0.333. The van der Waals surface area contributed by atoms with Crippen molar-refractivity contribution in [1.29, 1.82) is 0 Å². The molecule has 0 heterocycles. The predicted octanol–water partition coefficient (Wildman–Crippen LogP) is 2.43. The molecule has 1 aromatic carbocycles. The Bertz CT molecular complexity index is 427. The summed E-state index contributed by atoms with van der Waals surface area (Å²) in [4.78, 5) is 22.8. The van der Waals surface area contributed by atoms with Crippen LogP contribution < -0.4 is 10.9 Å². The molecule has 0 bridgehead atoms. The van der Waals surface area contributed by atoms with Crippen LogP contribution in [0.25, 0.3) is 6.08 Å². The zero-order chi connectivity index (χ0) is 13.9. The van der Waals surface area contributed by atoms with E-state index in [4.69, 9.17) is 0 Å². The average Bonchev–Trinajstić information content (AvgIpc) is 2.44. The topological polar surface area (TPSA) is 58.2 Å². The smallest absolute Gasteiger partial charge is 0.262 e. The number of rotatable bonds is 6. The molecule has 2 N–H and O–H groups in total. The van der Waals surface area contributed by atoms with Gasteiger partial charge in [-0.2, -0.15) is 0 Å². The summed E-state index contributed by atoms with van der Waals surface area (Å²) in [6, 6.07) is 9.49. The molecule has 0 saturated heterocycles. The number of unbranched alkanes of at least 4 members (excludes halogenated alkanes) is 2. The van der Waals surface area contributed by atoms with Gasteiger partial charge in [0.05, 0.1) is 0 Å². The molecule has 4 nitrogen and oxygen atoms in total. The number of hydrazine groups is 1. The molecule has 1 aromatic rings. The molecule has 0 aromatic heterocycles. The lowest BCUT2D eigenvalue weighted by atomic mass is 10.2. The molecule has 0 aliphatic heterocycles. The largest absolute Gasteiger partial charge is 0.273 e. The number of nitrogens with one attached hydrogen (secondary N) is 2. The Morgan fingerprint density at radius 1 is 1.11 bits per heavy atom. The van der Waals surface area contributed by atoms with Gasteiger partial charge in [0.1, 0.15) is 0 Å². The van der Waals surface area contributed by atoms with Gasteiger partial charge in [0, 0.05) is 12.5 Å². The predicted molar refractivity (Wildman–Crippen MR) is 75.9 cm³/mol. The monoisotopic (exact) mass is 260 g/mol. The molecule has 0 aliphatic carbocycles. The quantitative estimate of drug-likeness (QED) is 0.469. The second kappa shape index (κ2) is 8.91. The molecule has 0 atom stereocenters. The highest BCUT2D eigenvalue weighted by Gasteiger charge is 2.01. The van der Waals surface area contributed by atoms with Crippen molar-refractivity contribution in [2.75, 3.05) is 0 Å². The van der Waals surface area contributed by atoms with Crippen LogP contribution >= 0.6 is 0 Å². The maximum absolute atomic E-state index is 11.4. The van der Waals surface area contributed by atoms with E-state index >= 15 is 0 Å². The van der Waals surface area contributed by atoms with E-state index < -0.39 is 0 Å². The van der Waals surface area contributed by atoms with E-state index in [-0.39, 0.29) is 11.8 Å². The summed E-state index contributed by atoms with van der Waals surface area (Å²) < 4.78 is 0. The number of hydrogen-bond donors (Lipinski definition) is 2. The third-order valence-corrected chi connectivity index (χ3v) is 2.56. The van der Waals surface area contributed by atoms with Crippen LogP contribution in [0, 0.1) is 0 Å². The minimum Gasteiger partial charge on any atom is -0.273 e. The molecule has 0 unspecified atom stereocenters. The first-order chi connectivity index (χ1) is 9.22. The van der Waals surface area contributed by atoms with Gasteiger partial charge in [0.2, 0.25) is 5.91 Å². The second-order valence-electron chi connectivity index (χ2n) is 4.24. The molecular weight excluding hydrogens is 240 g/mol. The van der Waals surface area contributed by atoms with E-state index in [1.54, 1.807) is 6.08 Å². The minimum atomic E-state index is -0.340. The zero-order valence-corrected chi connectivity index (χ0v) is 11.2. The van der Waals surface area contributed by atoms with Crippen LogP contribution in [0.2, 0.25) is 0 Å². The highest BCUT2D eigenvalue weighted by atomic mass is 16.2. The van der Waals surface area contributed by atoms with Crippen LogP contribution in [0.15, 0.2) is 36.4 Å². The molecule has 1 rings (SSSR count). The van der Waals surface area contributed by atoms with Crippen LogP contribution in [-0.4, -0.2) is 11.8 Å². The molecule has 0 aliphatic rings. The Morgan fingerprint density at radius 2 is 1.84 bits per heavy atom. The van der Waals surface area contributed by atoms with Crippen LogP contribution in [0.4, 0.5) is 0 Å². The van der Waals surface area contributed by atoms with Crippen molar-refractivity contribution in [3.63, 3.8) is 0 Å². The van der Waals surface area contributed by atoms with E-state index in [9.17, 15) is 9.59 Å². The Hall–Kier alpha value is -2.10. The van der Waals surface area contributed by atoms with E-state index in [1.807, 2.05) is 30.3 Å². The lowest BCUT2D eigenvalue weighted by Gasteiger charge is -2.04. The Morgan fingerprint density at radius 3 is 2.53 bits per heavy atom. The van der Waals surface area contributed by atoms with Gasteiger partial charge in [-0.25, -0.2) is 0 Å². The first-order valence-corrected chi connectivity index (χ1v) is 6.54. The van der Waals surface area contributed by atoms with Gasteiger partial charge in [-0.3, -0.25) is 20.4 Å². The molecule has 0 radical (unpaired) electrons. The van der Waals surface area contributed by atoms with Crippen molar-refractivity contribution in [1.82, 2.24) is 10.9 Å². The van der Waals surface area contributed by atoms with Crippen molar-refractivity contribution < 1.29 is 9.59 Å². The summed E-state index contributed by atoms with van der Waals surface area (Å²) >= 11 is 0. The van der Waals surface area contributed by atoms with Crippen LogP contribution in [0.1, 0.15) is 38.2 Å². The standard InChI is InChI=1S/C15H20N2O2/c1-2-3-5-10-14(18)16-17-15(19)12-11-13-8-6-4-7-9-13/h4,6-9,11-12H,2-3,5,10H2,1H3,(H,16,18)(H,17,19)/b12-11+. The van der Waals surface area contributed by atoms with Crippen molar-refractivity contribution in [3.05, 3.63) is 42.0 Å². The molecule has 0 spiro atoms. The molecule has 19 heavy (non-hydrogen) atoms. The van der Waals surface area contributed by atoms with Crippen molar-refractivity contribution in [2.45, 2.75) is 32.6 Å². The molecule has 2 amide bonds. The van der Waals surface area contributed by atoms with E-state index in [0.717, 1.165) is 24.8 Å². The molecule has 0 saturated carbocycles. The van der Waals surface area contributed by atoms with Gasteiger partial charge in [-0.15, -0.1) is 0 Å². The summed E-state index contributed by atoms with van der Waals surface area (Å²) in [5, 5.41) is 0. The van der Waals surface area contributed by atoms with Gasteiger partial charge in [0.15, 0.2) is 0 Å². The van der Waals surface area contributed by atoms with E-state index in [1.165, 1.54) is 6.08 Å². The highest BCUT2D eigenvalue weighted by Crippen LogP contribution is 2.00. The number of carbonyl (C=O) groups excluding carboxylic acids is 2. The van der Waals surface area contributed by atoms with Gasteiger partial charge < -0.3 is 0 Å². The summed E-state index contributed by atoms with van der Waals surface area (Å²) in [7, 11) is 0. The summed E-state index contributed by atoms with van der Waals surface area (Å²) in [5.41, 5.74) is 5.68. The minimum absolute atomic E-state index is 0.157. The maximum Gasteiger partial charge on any atom is 0.262 e. The van der Waals surface area contributed by atoms with Crippen molar-refractivity contribution in [2.24, 2.45) is 0 Å². The number of amides is 2. The normalized spacial score (nSPS) is 10.4. The molecule has 102 valence electrons. The van der Waals surface area contributed by atoms with Gasteiger partial charge in [0.25, 0.3) is 5.91 Å². The first-order valence-electron chi connectivity index (χ1n) is 6.54. The van der Waals surface area contributed by atoms with E-state index in [0.29, 0.717) is 6.42 Å². The second-order valence-corrected chi connectivity index (χ2v) is 4.24. The van der Waals surface area contributed by atoms with Crippen molar-refractivity contribution >= 4 is 17.9 Å². The lowest BCUT2D eigenvalue weighted by Crippen LogP contribution is -2.40. The van der Waals surface area contributed by atoms with Gasteiger partial charge in [-0.05, 0) is 18.1 Å². The lowest BCUT2D eigenvalue weighted by molar-refractivity contribution is -0.126. The summed E-state index contributed by atoms with van der Waals surface area (Å²) in [6.45, 7) is 2.08. The molecular formula is C15H20N2O2. The Kier molecular flexibility index (Phi) is 7.02. The zero-order valence-electron chi connectivity index (χ0n) is 11.2. The van der Waals surface area contributed by atoms with Crippen LogP contribution in [0.3, 0.4) is 0 Å². The Labute approximate surface area is 113 Å². The molecule has 4 heteroatoms. The summed E-state index contributed by atoms with van der Waals surface area (Å²) in [6.07, 6.45) is 6.46. The van der Waals surface area contributed by atoms with Crippen LogP contribution in [-0.2, 0) is 9.59 Å². The average molecular weight is 260 g/mol. The third kappa shape index (κ3) is 7.03. The first kappa shape index (κ1) is 15.0. The fourth-order valence-corrected chi connectivity index (χ4v) is 1.51. The highest BCUT2D eigenvalue weighted by molar-refractivity contribution is 5.93. The summed E-state index contributed by atoms with van der Waals surface area (Å²) in [5.74, 6) is -0.498. The third-order valence-electron chi connectivity index (χ3n) is 2.56. The Balaban J connectivity index is 2.24. The van der Waals surface area contributed by atoms with Crippen molar-refractivity contribution in [3.8, 4) is 0 Å². The van der Waals surface area contributed by atoms with Crippen LogP contribution in [0.5, 0.6) is 0 Å². The SMILES string of the molecule is CCCCCC(=O)NNC(=O)/C=C/c1ccccc1. The van der Waals surface area contributed by atoms with E-state index in [2.05, 4.69) is 17.8 Å².